The molecule has 1 unspecified atom stereocenters. The van der Waals surface area contributed by atoms with Gasteiger partial charge in [0.2, 0.25) is 11.1 Å². The molecule has 2 heterocycles. The minimum absolute atomic E-state index is 0.205. The molecule has 1 aromatic heterocycles. The Morgan fingerprint density at radius 1 is 1.23 bits per heavy atom. The molecule has 2 aromatic carbocycles. The number of benzene rings is 2. The molecule has 8 nitrogen and oxygen atoms in total. The standard InChI is InChI=1S/C27H29BrCl2N4O4S/c1-5-7-10-37-25(35)22-15(3)31-26-32-27(39-6-2)33-34(26)23(22)17-11-19(28)24(21(12-17)36-4)38-14-16-8-9-18(29)13-20(16)30/h8-9,11-13,23H,5-7,10,14H2,1-4H3,(H,31,32,33). The highest BCUT2D eigenvalue weighted by Crippen LogP contribution is 2.43. The molecule has 12 heteroatoms. The first-order chi connectivity index (χ1) is 18.8. The van der Waals surface area contributed by atoms with E-state index in [0.29, 0.717) is 55.0 Å². The Labute approximate surface area is 250 Å². The summed E-state index contributed by atoms with van der Waals surface area (Å²) < 4.78 is 19.8. The average molecular weight is 656 g/mol. The van der Waals surface area contributed by atoms with Crippen molar-refractivity contribution in [2.75, 3.05) is 24.8 Å². The summed E-state index contributed by atoms with van der Waals surface area (Å²) in [6, 6.07) is 8.38. The number of hydrogen-bond acceptors (Lipinski definition) is 8. The first-order valence-corrected chi connectivity index (χ1v) is 15.0. The molecule has 3 aromatic rings. The zero-order chi connectivity index (χ0) is 28.1. The molecule has 0 saturated heterocycles. The van der Waals surface area contributed by atoms with Crippen LogP contribution in [0.3, 0.4) is 0 Å². The van der Waals surface area contributed by atoms with E-state index >= 15 is 0 Å². The minimum atomic E-state index is -0.598. The number of anilines is 1. The molecule has 0 amide bonds. The van der Waals surface area contributed by atoms with E-state index in [0.717, 1.165) is 29.7 Å². The molecule has 1 N–H and O–H groups in total. The van der Waals surface area contributed by atoms with Crippen LogP contribution < -0.4 is 14.8 Å². The molecule has 208 valence electrons. The number of methoxy groups -OCH3 is 1. The second-order valence-corrected chi connectivity index (χ2v) is 11.6. The topological polar surface area (TPSA) is 87.5 Å². The van der Waals surface area contributed by atoms with Crippen LogP contribution in [0, 0.1) is 0 Å². The normalized spacial score (nSPS) is 14.6. The Morgan fingerprint density at radius 2 is 2.03 bits per heavy atom. The molecule has 0 aliphatic carbocycles. The number of unbranched alkanes of at least 4 members (excludes halogenated alkanes) is 1. The van der Waals surface area contributed by atoms with Gasteiger partial charge in [-0.3, -0.25) is 0 Å². The summed E-state index contributed by atoms with van der Waals surface area (Å²) >= 11 is 17.5. The predicted octanol–water partition coefficient (Wildman–Crippen LogP) is 7.68. The molecule has 4 rings (SSSR count). The second kappa shape index (κ2) is 13.3. The van der Waals surface area contributed by atoms with Crippen LogP contribution in [0.1, 0.15) is 50.8 Å². The van der Waals surface area contributed by atoms with E-state index < -0.39 is 12.0 Å². The molecule has 0 spiro atoms. The molecular formula is C27H29BrCl2N4O4S. The van der Waals surface area contributed by atoms with Gasteiger partial charge >= 0.3 is 5.97 Å². The fourth-order valence-corrected chi connectivity index (χ4v) is 5.70. The number of esters is 1. The van der Waals surface area contributed by atoms with E-state index in [1.165, 1.54) is 11.8 Å². The summed E-state index contributed by atoms with van der Waals surface area (Å²) in [4.78, 5) is 18.0. The molecule has 0 saturated carbocycles. The van der Waals surface area contributed by atoms with Gasteiger partial charge in [-0.2, -0.15) is 4.98 Å². The van der Waals surface area contributed by atoms with Crippen LogP contribution in [-0.2, 0) is 16.1 Å². The van der Waals surface area contributed by atoms with Crippen LogP contribution in [0.2, 0.25) is 10.0 Å². The lowest BCUT2D eigenvalue weighted by Crippen LogP contribution is -2.30. The molecule has 0 radical (unpaired) electrons. The van der Waals surface area contributed by atoms with E-state index in [1.807, 2.05) is 39.0 Å². The SMILES string of the molecule is CCCCOC(=O)C1=C(C)Nc2nc(SCC)nn2C1c1cc(Br)c(OCc2ccc(Cl)cc2Cl)c(OC)c1. The maximum atomic E-state index is 13.4. The maximum absolute atomic E-state index is 13.4. The first-order valence-electron chi connectivity index (χ1n) is 12.5. The highest BCUT2D eigenvalue weighted by atomic mass is 79.9. The summed E-state index contributed by atoms with van der Waals surface area (Å²) in [5.41, 5.74) is 2.63. The van der Waals surface area contributed by atoms with Gasteiger partial charge in [-0.1, -0.05) is 61.3 Å². The first kappa shape index (κ1) is 29.6. The number of nitrogens with one attached hydrogen (secondary N) is 1. The Bertz CT molecular complexity index is 1400. The van der Waals surface area contributed by atoms with Crippen molar-refractivity contribution in [3.05, 3.63) is 67.2 Å². The number of hydrogen-bond donors (Lipinski definition) is 1. The van der Waals surface area contributed by atoms with Gasteiger partial charge in [0.05, 0.1) is 23.8 Å². The molecule has 39 heavy (non-hydrogen) atoms. The predicted molar refractivity (Wildman–Crippen MR) is 158 cm³/mol. The summed E-state index contributed by atoms with van der Waals surface area (Å²) in [6.07, 6.45) is 1.70. The molecule has 1 aliphatic heterocycles. The largest absolute Gasteiger partial charge is 0.493 e. The van der Waals surface area contributed by atoms with Gasteiger partial charge in [-0.15, -0.1) is 5.10 Å². The number of aromatic nitrogens is 3. The second-order valence-electron chi connectivity index (χ2n) is 8.71. The number of ether oxygens (including phenoxy) is 3. The van der Waals surface area contributed by atoms with Crippen LogP contribution >= 0.6 is 50.9 Å². The third-order valence-corrected chi connectivity index (χ3v) is 7.91. The van der Waals surface area contributed by atoms with E-state index in [2.05, 4.69) is 26.2 Å². The van der Waals surface area contributed by atoms with Crippen LogP contribution in [-0.4, -0.2) is 40.2 Å². The number of carbonyl (C=O) groups excluding carboxylic acids is 1. The van der Waals surface area contributed by atoms with Crippen molar-refractivity contribution in [2.24, 2.45) is 0 Å². The average Bonchev–Trinajstić information content (AvgIpc) is 3.29. The smallest absolute Gasteiger partial charge is 0.338 e. The van der Waals surface area contributed by atoms with E-state index in [4.69, 9.17) is 42.5 Å². The number of carbonyl (C=O) groups is 1. The minimum Gasteiger partial charge on any atom is -0.493 e. The van der Waals surface area contributed by atoms with Gasteiger partial charge in [0, 0.05) is 21.3 Å². The highest BCUT2D eigenvalue weighted by Gasteiger charge is 2.36. The van der Waals surface area contributed by atoms with E-state index in [-0.39, 0.29) is 6.61 Å². The monoisotopic (exact) mass is 654 g/mol. The summed E-state index contributed by atoms with van der Waals surface area (Å²) in [5.74, 6) is 1.93. The van der Waals surface area contributed by atoms with Gasteiger partial charge in [0.25, 0.3) is 0 Å². The summed E-state index contributed by atoms with van der Waals surface area (Å²) in [7, 11) is 1.56. The van der Waals surface area contributed by atoms with Crippen LogP contribution in [0.25, 0.3) is 0 Å². The Morgan fingerprint density at radius 3 is 2.72 bits per heavy atom. The van der Waals surface area contributed by atoms with Gasteiger partial charge in [0.1, 0.15) is 12.6 Å². The number of fused-ring (bicyclic) bond motifs is 1. The summed E-state index contributed by atoms with van der Waals surface area (Å²) in [6.45, 7) is 6.47. The van der Waals surface area contributed by atoms with Crippen molar-refractivity contribution >= 4 is 62.8 Å². The Balaban J connectivity index is 1.74. The van der Waals surface area contributed by atoms with Gasteiger partial charge < -0.3 is 19.5 Å². The van der Waals surface area contributed by atoms with Crippen molar-refractivity contribution < 1.29 is 19.0 Å². The lowest BCUT2D eigenvalue weighted by atomic mass is 9.95. The lowest BCUT2D eigenvalue weighted by molar-refractivity contribution is -0.139. The Kier molecular flexibility index (Phi) is 10.1. The van der Waals surface area contributed by atoms with Crippen LogP contribution in [0.15, 0.2) is 51.2 Å². The third-order valence-electron chi connectivity index (χ3n) is 6.01. The highest BCUT2D eigenvalue weighted by molar-refractivity contribution is 9.10. The van der Waals surface area contributed by atoms with E-state index in [9.17, 15) is 4.79 Å². The number of allylic oxidation sites excluding steroid dienone is 1. The number of thioether (sulfide) groups is 1. The number of nitrogens with zero attached hydrogens (tertiary/aromatic N) is 3. The zero-order valence-electron chi connectivity index (χ0n) is 22.0. The Hall–Kier alpha value is -2.40. The van der Waals surface area contributed by atoms with E-state index in [1.54, 1.807) is 23.9 Å². The molecule has 0 fully saturated rings. The molecule has 1 atom stereocenters. The number of halogens is 3. The van der Waals surface area contributed by atoms with Crippen molar-refractivity contribution in [1.82, 2.24) is 14.8 Å². The van der Waals surface area contributed by atoms with Crippen molar-refractivity contribution in [2.45, 2.75) is 51.4 Å². The fraction of sp³-hybridized carbons (Fsp3) is 0.370. The molecule has 1 aliphatic rings. The number of rotatable bonds is 11. The zero-order valence-corrected chi connectivity index (χ0v) is 25.9. The third kappa shape index (κ3) is 6.67. The fourth-order valence-electron chi connectivity index (χ4n) is 4.11. The van der Waals surface area contributed by atoms with Crippen LogP contribution in [0.4, 0.5) is 5.95 Å². The van der Waals surface area contributed by atoms with Crippen molar-refractivity contribution in [3.63, 3.8) is 0 Å². The molecule has 0 bridgehead atoms. The van der Waals surface area contributed by atoms with Crippen molar-refractivity contribution in [3.8, 4) is 11.5 Å². The summed E-state index contributed by atoms with van der Waals surface area (Å²) in [5, 5.41) is 9.62. The van der Waals surface area contributed by atoms with Gasteiger partial charge in [-0.05, 0) is 64.9 Å². The quantitative estimate of drug-likeness (QED) is 0.128. The van der Waals surface area contributed by atoms with Gasteiger partial charge in [0.15, 0.2) is 11.5 Å². The maximum Gasteiger partial charge on any atom is 0.338 e. The molecular weight excluding hydrogens is 627 g/mol. The lowest BCUT2D eigenvalue weighted by Gasteiger charge is -2.29. The van der Waals surface area contributed by atoms with Gasteiger partial charge in [-0.25, -0.2) is 9.48 Å². The van der Waals surface area contributed by atoms with Crippen LogP contribution in [0.5, 0.6) is 11.5 Å². The van der Waals surface area contributed by atoms with Crippen molar-refractivity contribution in [1.29, 1.82) is 0 Å².